The smallest absolute Gasteiger partial charge is 0.241 e. The van der Waals surface area contributed by atoms with Crippen molar-refractivity contribution in [2.45, 2.75) is 38.3 Å². The highest BCUT2D eigenvalue weighted by Crippen LogP contribution is 2.27. The first-order valence-corrected chi connectivity index (χ1v) is 7.25. The van der Waals surface area contributed by atoms with Gasteiger partial charge in [0.05, 0.1) is 18.3 Å². The van der Waals surface area contributed by atoms with Crippen molar-refractivity contribution in [1.29, 1.82) is 0 Å². The standard InChI is InChI=1S/C15H22FN3O2/c1-10(19(7-8-20)12-3-2-4-12)15(21)18-14-9-11(17)5-6-13(14)16/h5-6,9-10,12,20H,2-4,7-8,17H2,1H3,(H,18,21). The maximum Gasteiger partial charge on any atom is 0.241 e. The zero-order valence-corrected chi connectivity index (χ0v) is 12.2. The van der Waals surface area contributed by atoms with Crippen LogP contribution in [0.3, 0.4) is 0 Å². The first kappa shape index (κ1) is 15.7. The van der Waals surface area contributed by atoms with Crippen molar-refractivity contribution in [3.8, 4) is 0 Å². The Kier molecular flexibility index (Phi) is 5.14. The summed E-state index contributed by atoms with van der Waals surface area (Å²) in [5.74, 6) is -0.804. The lowest BCUT2D eigenvalue weighted by atomic mass is 9.90. The molecule has 1 unspecified atom stereocenters. The number of carbonyl (C=O) groups excluding carboxylic acids is 1. The molecule has 6 heteroatoms. The molecule has 1 fully saturated rings. The fourth-order valence-corrected chi connectivity index (χ4v) is 2.55. The van der Waals surface area contributed by atoms with Gasteiger partial charge in [0.15, 0.2) is 0 Å². The second-order valence-electron chi connectivity index (χ2n) is 5.45. The molecule has 0 spiro atoms. The molecule has 0 heterocycles. The number of hydrogen-bond acceptors (Lipinski definition) is 4. The third-order valence-corrected chi connectivity index (χ3v) is 4.03. The van der Waals surface area contributed by atoms with E-state index in [1.54, 1.807) is 6.92 Å². The van der Waals surface area contributed by atoms with Gasteiger partial charge in [-0.1, -0.05) is 6.42 Å². The molecule has 1 aliphatic carbocycles. The van der Waals surface area contributed by atoms with E-state index >= 15 is 0 Å². The molecule has 116 valence electrons. The molecule has 0 aliphatic heterocycles. The lowest BCUT2D eigenvalue weighted by Crippen LogP contribution is -2.51. The molecule has 1 amide bonds. The predicted molar refractivity (Wildman–Crippen MR) is 80.3 cm³/mol. The van der Waals surface area contributed by atoms with Crippen molar-refractivity contribution >= 4 is 17.3 Å². The van der Waals surface area contributed by atoms with Crippen LogP contribution in [-0.4, -0.2) is 41.1 Å². The van der Waals surface area contributed by atoms with Crippen molar-refractivity contribution in [1.82, 2.24) is 4.90 Å². The number of benzene rings is 1. The van der Waals surface area contributed by atoms with Crippen molar-refractivity contribution in [2.75, 3.05) is 24.2 Å². The van der Waals surface area contributed by atoms with E-state index in [0.29, 0.717) is 18.3 Å². The van der Waals surface area contributed by atoms with Crippen LogP contribution >= 0.6 is 0 Å². The Morgan fingerprint density at radius 2 is 2.29 bits per heavy atom. The van der Waals surface area contributed by atoms with Crippen LogP contribution in [0.5, 0.6) is 0 Å². The molecule has 0 radical (unpaired) electrons. The normalized spacial score (nSPS) is 16.6. The minimum Gasteiger partial charge on any atom is -0.399 e. The van der Waals surface area contributed by atoms with Crippen LogP contribution in [0, 0.1) is 5.82 Å². The monoisotopic (exact) mass is 295 g/mol. The van der Waals surface area contributed by atoms with Gasteiger partial charge in [-0.3, -0.25) is 9.69 Å². The van der Waals surface area contributed by atoms with Crippen LogP contribution in [0.25, 0.3) is 0 Å². The van der Waals surface area contributed by atoms with E-state index in [-0.39, 0.29) is 18.2 Å². The fourth-order valence-electron chi connectivity index (χ4n) is 2.55. The van der Waals surface area contributed by atoms with Gasteiger partial charge in [0.2, 0.25) is 5.91 Å². The van der Waals surface area contributed by atoms with Gasteiger partial charge in [0.25, 0.3) is 0 Å². The molecule has 0 bridgehead atoms. The summed E-state index contributed by atoms with van der Waals surface area (Å²) in [7, 11) is 0. The summed E-state index contributed by atoms with van der Waals surface area (Å²) in [4.78, 5) is 14.3. The van der Waals surface area contributed by atoms with Gasteiger partial charge < -0.3 is 16.2 Å². The third kappa shape index (κ3) is 3.71. The SMILES string of the molecule is CC(C(=O)Nc1cc(N)ccc1F)N(CCO)C1CCC1. The number of amides is 1. The largest absolute Gasteiger partial charge is 0.399 e. The molecule has 1 saturated carbocycles. The van der Waals surface area contributed by atoms with Gasteiger partial charge >= 0.3 is 0 Å². The maximum atomic E-state index is 13.7. The highest BCUT2D eigenvalue weighted by atomic mass is 19.1. The summed E-state index contributed by atoms with van der Waals surface area (Å²) >= 11 is 0. The van der Waals surface area contributed by atoms with E-state index < -0.39 is 11.9 Å². The lowest BCUT2D eigenvalue weighted by Gasteiger charge is -2.40. The summed E-state index contributed by atoms with van der Waals surface area (Å²) < 4.78 is 13.7. The first-order chi connectivity index (χ1) is 10.0. The van der Waals surface area contributed by atoms with E-state index in [4.69, 9.17) is 10.8 Å². The zero-order chi connectivity index (χ0) is 15.4. The summed E-state index contributed by atoms with van der Waals surface area (Å²) in [5, 5.41) is 11.7. The Labute approximate surface area is 123 Å². The van der Waals surface area contributed by atoms with Gasteiger partial charge in [-0.15, -0.1) is 0 Å². The topological polar surface area (TPSA) is 78.6 Å². The molecule has 5 nitrogen and oxygen atoms in total. The van der Waals surface area contributed by atoms with E-state index in [9.17, 15) is 9.18 Å². The minimum atomic E-state index is -0.512. The second kappa shape index (κ2) is 6.87. The zero-order valence-electron chi connectivity index (χ0n) is 12.2. The van der Waals surface area contributed by atoms with Gasteiger partial charge in [-0.25, -0.2) is 4.39 Å². The molecule has 2 rings (SSSR count). The molecule has 1 aromatic carbocycles. The van der Waals surface area contributed by atoms with Crippen LogP contribution in [0.4, 0.5) is 15.8 Å². The first-order valence-electron chi connectivity index (χ1n) is 7.25. The Balaban J connectivity index is 2.05. The molecule has 0 saturated heterocycles. The quantitative estimate of drug-likeness (QED) is 0.696. The van der Waals surface area contributed by atoms with Gasteiger partial charge in [0, 0.05) is 18.3 Å². The van der Waals surface area contributed by atoms with Crippen molar-refractivity contribution < 1.29 is 14.3 Å². The van der Waals surface area contributed by atoms with Crippen molar-refractivity contribution in [3.05, 3.63) is 24.0 Å². The van der Waals surface area contributed by atoms with E-state index in [1.165, 1.54) is 18.2 Å². The summed E-state index contributed by atoms with van der Waals surface area (Å²) in [6.45, 7) is 2.22. The Morgan fingerprint density at radius 1 is 1.57 bits per heavy atom. The van der Waals surface area contributed by atoms with Crippen molar-refractivity contribution in [2.24, 2.45) is 0 Å². The van der Waals surface area contributed by atoms with Crippen molar-refractivity contribution in [3.63, 3.8) is 0 Å². The van der Waals surface area contributed by atoms with Crippen LogP contribution < -0.4 is 11.1 Å². The summed E-state index contributed by atoms with van der Waals surface area (Å²) in [6.07, 6.45) is 3.21. The van der Waals surface area contributed by atoms with Crippen LogP contribution in [0.2, 0.25) is 0 Å². The van der Waals surface area contributed by atoms with Gasteiger partial charge in [-0.2, -0.15) is 0 Å². The van der Waals surface area contributed by atoms with Crippen LogP contribution in [-0.2, 0) is 4.79 Å². The highest BCUT2D eigenvalue weighted by Gasteiger charge is 2.31. The number of aliphatic hydroxyl groups excluding tert-OH is 1. The van der Waals surface area contributed by atoms with E-state index in [2.05, 4.69) is 5.32 Å². The van der Waals surface area contributed by atoms with E-state index in [1.807, 2.05) is 4.90 Å². The number of nitrogens with two attached hydrogens (primary N) is 1. The van der Waals surface area contributed by atoms with Gasteiger partial charge in [-0.05, 0) is 38.0 Å². The predicted octanol–water partition coefficient (Wildman–Crippen LogP) is 1.58. The molecule has 1 atom stereocenters. The fraction of sp³-hybridized carbons (Fsp3) is 0.533. The lowest BCUT2D eigenvalue weighted by molar-refractivity contribution is -0.122. The Morgan fingerprint density at radius 3 is 2.86 bits per heavy atom. The Hall–Kier alpha value is -1.66. The van der Waals surface area contributed by atoms with Crippen LogP contribution in [0.1, 0.15) is 26.2 Å². The number of nitrogens with one attached hydrogen (secondary N) is 1. The highest BCUT2D eigenvalue weighted by molar-refractivity contribution is 5.95. The molecule has 1 aliphatic rings. The minimum absolute atomic E-state index is 0.000760. The second-order valence-corrected chi connectivity index (χ2v) is 5.45. The van der Waals surface area contributed by atoms with Crippen LogP contribution in [0.15, 0.2) is 18.2 Å². The number of halogens is 1. The average Bonchev–Trinajstić information content (AvgIpc) is 2.39. The number of hydrogen-bond donors (Lipinski definition) is 3. The molecule has 1 aromatic rings. The Bertz CT molecular complexity index is 506. The molecule has 4 N–H and O–H groups in total. The summed E-state index contributed by atoms with van der Waals surface area (Å²) in [5.41, 5.74) is 6.09. The van der Waals surface area contributed by atoms with Gasteiger partial charge in [0.1, 0.15) is 5.82 Å². The number of carbonyl (C=O) groups is 1. The number of aliphatic hydroxyl groups is 1. The average molecular weight is 295 g/mol. The summed E-state index contributed by atoms with van der Waals surface area (Å²) in [6, 6.07) is 3.97. The maximum absolute atomic E-state index is 13.7. The molecular weight excluding hydrogens is 273 g/mol. The third-order valence-electron chi connectivity index (χ3n) is 4.03. The number of anilines is 2. The molecule has 21 heavy (non-hydrogen) atoms. The van der Waals surface area contributed by atoms with E-state index in [0.717, 1.165) is 19.3 Å². The number of rotatable bonds is 6. The number of nitrogen functional groups attached to an aromatic ring is 1. The molecule has 0 aromatic heterocycles. The molecular formula is C15H22FN3O2. The number of nitrogens with zero attached hydrogens (tertiary/aromatic N) is 1.